The summed E-state index contributed by atoms with van der Waals surface area (Å²) < 4.78 is 37.2. The number of carboxylic acids is 1. The fourth-order valence-corrected chi connectivity index (χ4v) is 3.35. The van der Waals surface area contributed by atoms with Crippen LogP contribution in [0.25, 0.3) is 0 Å². The van der Waals surface area contributed by atoms with Gasteiger partial charge in [0.05, 0.1) is 30.4 Å². The first-order valence-corrected chi connectivity index (χ1v) is 8.42. The van der Waals surface area contributed by atoms with Gasteiger partial charge in [0.1, 0.15) is 0 Å². The molecule has 0 saturated heterocycles. The second-order valence-corrected chi connectivity index (χ2v) is 6.74. The molecule has 0 spiro atoms. The lowest BCUT2D eigenvalue weighted by Gasteiger charge is -2.14. The summed E-state index contributed by atoms with van der Waals surface area (Å²) in [6, 6.07) is 8.02. The van der Waals surface area contributed by atoms with E-state index >= 15 is 0 Å². The summed E-state index contributed by atoms with van der Waals surface area (Å²) in [6.45, 7) is 0. The molecule has 2 aromatic rings. The van der Waals surface area contributed by atoms with Crippen molar-refractivity contribution in [3.8, 4) is 11.5 Å². The van der Waals surface area contributed by atoms with Crippen molar-refractivity contribution in [2.24, 2.45) is 0 Å². The Kier molecular flexibility index (Phi) is 5.20. The smallest absolute Gasteiger partial charge is 0.337 e. The van der Waals surface area contributed by atoms with E-state index in [4.69, 9.17) is 21.1 Å². The Labute approximate surface area is 143 Å². The van der Waals surface area contributed by atoms with E-state index in [0.29, 0.717) is 0 Å². The van der Waals surface area contributed by atoms with E-state index in [1.807, 2.05) is 0 Å². The summed E-state index contributed by atoms with van der Waals surface area (Å²) in [5, 5.41) is 9.55. The van der Waals surface area contributed by atoms with Crippen molar-refractivity contribution in [2.75, 3.05) is 18.9 Å². The van der Waals surface area contributed by atoms with Gasteiger partial charge < -0.3 is 14.6 Å². The van der Waals surface area contributed by atoms with Crippen LogP contribution in [0.15, 0.2) is 41.3 Å². The summed E-state index contributed by atoms with van der Waals surface area (Å²) >= 11 is 5.80. The number of sulfonamides is 1. The van der Waals surface area contributed by atoms with Crippen LogP contribution in [0.2, 0.25) is 5.02 Å². The van der Waals surface area contributed by atoms with E-state index < -0.39 is 16.0 Å². The van der Waals surface area contributed by atoms with E-state index in [1.54, 1.807) is 0 Å². The molecule has 0 aliphatic rings. The van der Waals surface area contributed by atoms with E-state index in [-0.39, 0.29) is 32.7 Å². The highest BCUT2D eigenvalue weighted by Gasteiger charge is 2.21. The first-order valence-electron chi connectivity index (χ1n) is 6.56. The summed E-state index contributed by atoms with van der Waals surface area (Å²) in [5.74, 6) is -0.966. The first kappa shape index (κ1) is 17.9. The molecule has 0 saturated carbocycles. The van der Waals surface area contributed by atoms with Gasteiger partial charge in [-0.05, 0) is 18.2 Å². The first-order chi connectivity index (χ1) is 11.3. The maximum atomic E-state index is 12.4. The molecule has 2 rings (SSSR count). The normalized spacial score (nSPS) is 11.0. The Morgan fingerprint density at radius 2 is 1.75 bits per heavy atom. The lowest BCUT2D eigenvalue weighted by atomic mass is 10.1. The van der Waals surface area contributed by atoms with Gasteiger partial charge in [-0.25, -0.2) is 13.2 Å². The number of benzene rings is 2. The minimum absolute atomic E-state index is 0.0962. The molecule has 0 aliphatic carbocycles. The zero-order chi connectivity index (χ0) is 17.9. The molecule has 0 aliphatic heterocycles. The molecule has 0 fully saturated rings. The molecule has 24 heavy (non-hydrogen) atoms. The van der Waals surface area contributed by atoms with Crippen molar-refractivity contribution < 1.29 is 27.8 Å². The zero-order valence-electron chi connectivity index (χ0n) is 12.7. The molecule has 7 nitrogen and oxygen atoms in total. The molecular formula is C15H14ClNO6S. The topological polar surface area (TPSA) is 102 Å². The van der Waals surface area contributed by atoms with Crippen LogP contribution < -0.4 is 14.2 Å². The van der Waals surface area contributed by atoms with Crippen molar-refractivity contribution in [3.05, 3.63) is 47.0 Å². The molecule has 0 radical (unpaired) electrons. The number of hydrogen-bond acceptors (Lipinski definition) is 5. The lowest BCUT2D eigenvalue weighted by Crippen LogP contribution is -2.16. The number of aromatic carboxylic acids is 1. The lowest BCUT2D eigenvalue weighted by molar-refractivity contribution is 0.0697. The summed E-state index contributed by atoms with van der Waals surface area (Å²) in [4.78, 5) is 11.3. The zero-order valence-corrected chi connectivity index (χ0v) is 14.3. The number of ether oxygens (including phenoxy) is 2. The Bertz CT molecular complexity index is 882. The second-order valence-electron chi connectivity index (χ2n) is 4.62. The molecular weight excluding hydrogens is 358 g/mol. The third-order valence-corrected chi connectivity index (χ3v) is 4.70. The van der Waals surface area contributed by atoms with Gasteiger partial charge in [-0.15, -0.1) is 0 Å². The van der Waals surface area contributed by atoms with E-state index in [1.165, 1.54) is 50.6 Å². The SMILES string of the molecule is COc1cc(NS(=O)(=O)c2cccc(Cl)c2)c(C(=O)O)cc1OC. The summed E-state index contributed by atoms with van der Waals surface area (Å²) in [5.41, 5.74) is -0.432. The van der Waals surface area contributed by atoms with Gasteiger partial charge in [0, 0.05) is 17.2 Å². The standard InChI is InChI=1S/C15H14ClNO6S/c1-22-13-7-11(15(18)19)12(8-14(13)23-2)17-24(20,21)10-5-3-4-9(16)6-10/h3-8,17H,1-2H3,(H,18,19). The highest BCUT2D eigenvalue weighted by molar-refractivity contribution is 7.92. The Morgan fingerprint density at radius 1 is 1.12 bits per heavy atom. The largest absolute Gasteiger partial charge is 0.493 e. The highest BCUT2D eigenvalue weighted by Crippen LogP contribution is 2.34. The van der Waals surface area contributed by atoms with E-state index in [0.717, 1.165) is 0 Å². The van der Waals surface area contributed by atoms with E-state index in [9.17, 15) is 18.3 Å². The van der Waals surface area contributed by atoms with Gasteiger partial charge in [0.15, 0.2) is 11.5 Å². The average Bonchev–Trinajstić information content (AvgIpc) is 2.53. The fourth-order valence-electron chi connectivity index (χ4n) is 1.98. The molecule has 2 aromatic carbocycles. The molecule has 0 atom stereocenters. The van der Waals surface area contributed by atoms with Crippen LogP contribution >= 0.6 is 11.6 Å². The quantitative estimate of drug-likeness (QED) is 0.809. The van der Waals surface area contributed by atoms with Gasteiger partial charge in [-0.1, -0.05) is 17.7 Å². The fraction of sp³-hybridized carbons (Fsp3) is 0.133. The maximum Gasteiger partial charge on any atom is 0.337 e. The Balaban J connectivity index is 2.53. The molecule has 0 unspecified atom stereocenters. The molecule has 9 heteroatoms. The number of hydrogen-bond donors (Lipinski definition) is 2. The Morgan fingerprint density at radius 3 is 2.29 bits per heavy atom. The van der Waals surface area contributed by atoms with Crippen LogP contribution in [-0.4, -0.2) is 33.7 Å². The van der Waals surface area contributed by atoms with Crippen LogP contribution in [0.5, 0.6) is 11.5 Å². The molecule has 0 heterocycles. The van der Waals surface area contributed by atoms with E-state index in [2.05, 4.69) is 4.72 Å². The maximum absolute atomic E-state index is 12.4. The predicted octanol–water partition coefficient (Wildman–Crippen LogP) is 2.86. The molecule has 0 bridgehead atoms. The number of nitrogens with one attached hydrogen (secondary N) is 1. The van der Waals surface area contributed by atoms with Crippen LogP contribution in [0.1, 0.15) is 10.4 Å². The van der Waals surface area contributed by atoms with Gasteiger partial charge in [-0.2, -0.15) is 0 Å². The van der Waals surface area contributed by atoms with Crippen LogP contribution in [0.3, 0.4) is 0 Å². The number of methoxy groups -OCH3 is 2. The summed E-state index contributed by atoms with van der Waals surface area (Å²) in [7, 11) is -1.33. The minimum Gasteiger partial charge on any atom is -0.493 e. The van der Waals surface area contributed by atoms with Gasteiger partial charge in [-0.3, -0.25) is 4.72 Å². The van der Waals surface area contributed by atoms with Crippen molar-refractivity contribution in [2.45, 2.75) is 4.90 Å². The number of halogens is 1. The van der Waals surface area contributed by atoms with Gasteiger partial charge in [0.25, 0.3) is 10.0 Å². The summed E-state index contributed by atoms with van der Waals surface area (Å²) in [6.07, 6.45) is 0. The predicted molar refractivity (Wildman–Crippen MR) is 88.8 cm³/mol. The van der Waals surface area contributed by atoms with Crippen molar-refractivity contribution >= 4 is 33.3 Å². The highest BCUT2D eigenvalue weighted by atomic mass is 35.5. The number of rotatable bonds is 6. The molecule has 128 valence electrons. The van der Waals surface area contributed by atoms with Crippen molar-refractivity contribution in [3.63, 3.8) is 0 Å². The monoisotopic (exact) mass is 371 g/mol. The number of carboxylic acid groups (broad SMARTS) is 1. The van der Waals surface area contributed by atoms with Crippen LogP contribution in [0.4, 0.5) is 5.69 Å². The van der Waals surface area contributed by atoms with Crippen LogP contribution in [0, 0.1) is 0 Å². The Hall–Kier alpha value is -2.45. The third kappa shape index (κ3) is 3.72. The van der Waals surface area contributed by atoms with Gasteiger partial charge >= 0.3 is 5.97 Å². The van der Waals surface area contributed by atoms with Crippen molar-refractivity contribution in [1.82, 2.24) is 0 Å². The number of anilines is 1. The number of carbonyl (C=O) groups is 1. The molecule has 2 N–H and O–H groups in total. The minimum atomic E-state index is -4.03. The van der Waals surface area contributed by atoms with Crippen LogP contribution in [-0.2, 0) is 10.0 Å². The van der Waals surface area contributed by atoms with Gasteiger partial charge in [0.2, 0.25) is 0 Å². The van der Waals surface area contributed by atoms with Crippen molar-refractivity contribution in [1.29, 1.82) is 0 Å². The average molecular weight is 372 g/mol. The second kappa shape index (κ2) is 6.98. The molecule has 0 aromatic heterocycles. The molecule has 0 amide bonds. The third-order valence-electron chi connectivity index (χ3n) is 3.10.